The largest absolute Gasteiger partial charge is 0.480 e. The van der Waals surface area contributed by atoms with Crippen LogP contribution in [0, 0.1) is 0 Å². The first kappa shape index (κ1) is 9.03. The van der Waals surface area contributed by atoms with Crippen molar-refractivity contribution in [2.75, 3.05) is 0 Å². The van der Waals surface area contributed by atoms with Crippen LogP contribution >= 0.6 is 11.6 Å². The number of halogens is 1. The van der Waals surface area contributed by atoms with Gasteiger partial charge in [0.2, 0.25) is 0 Å². The third-order valence-electron chi connectivity index (χ3n) is 1.51. The number of hydrogen-bond acceptors (Lipinski definition) is 2. The smallest absolute Gasteiger partial charge is 0.325 e. The fourth-order valence-corrected chi connectivity index (χ4v) is 1.11. The van der Waals surface area contributed by atoms with Crippen molar-refractivity contribution in [3.05, 3.63) is 34.9 Å². The van der Waals surface area contributed by atoms with Gasteiger partial charge in [0, 0.05) is 5.02 Å². The second-order valence-electron chi connectivity index (χ2n) is 2.34. The van der Waals surface area contributed by atoms with Crippen LogP contribution < -0.4 is 5.73 Å². The lowest BCUT2D eigenvalue weighted by Crippen LogP contribution is -2.20. The maximum absolute atomic E-state index is 10.5. The van der Waals surface area contributed by atoms with Crippen LogP contribution in [0.15, 0.2) is 24.3 Å². The van der Waals surface area contributed by atoms with E-state index in [0.29, 0.717) is 10.6 Å². The predicted molar refractivity (Wildman–Crippen MR) is 46.0 cm³/mol. The molecular weight excluding hydrogens is 178 g/mol. The van der Waals surface area contributed by atoms with Crippen LogP contribution in [0.2, 0.25) is 5.02 Å². The monoisotopic (exact) mass is 185 g/mol. The molecule has 0 amide bonds. The van der Waals surface area contributed by atoms with Gasteiger partial charge in [-0.3, -0.25) is 4.79 Å². The van der Waals surface area contributed by atoms with Gasteiger partial charge in [0.05, 0.1) is 0 Å². The number of aliphatic carboxylic acids is 1. The molecule has 0 bridgehead atoms. The number of carboxylic acids is 1. The minimum atomic E-state index is -1.08. The van der Waals surface area contributed by atoms with E-state index < -0.39 is 12.0 Å². The number of hydrogen-bond donors (Lipinski definition) is 2. The summed E-state index contributed by atoms with van der Waals surface area (Å²) < 4.78 is 0. The van der Waals surface area contributed by atoms with Crippen molar-refractivity contribution >= 4 is 17.6 Å². The number of nitrogens with two attached hydrogens (primary N) is 1. The summed E-state index contributed by atoms with van der Waals surface area (Å²) in [7, 11) is 0. The molecule has 3 nitrogen and oxygen atoms in total. The van der Waals surface area contributed by atoms with E-state index in [1.54, 1.807) is 24.3 Å². The molecule has 0 aliphatic heterocycles. The van der Waals surface area contributed by atoms with E-state index in [2.05, 4.69) is 0 Å². The molecule has 0 heterocycles. The average Bonchev–Trinajstić information content (AvgIpc) is 2.04. The first-order valence-corrected chi connectivity index (χ1v) is 3.73. The van der Waals surface area contributed by atoms with Gasteiger partial charge in [-0.15, -0.1) is 0 Å². The number of benzene rings is 1. The van der Waals surface area contributed by atoms with Crippen molar-refractivity contribution in [1.82, 2.24) is 0 Å². The van der Waals surface area contributed by atoms with E-state index in [9.17, 15) is 4.79 Å². The molecular formula is C8H8ClNO2. The Bertz CT molecular complexity index is 301. The summed E-state index contributed by atoms with van der Waals surface area (Å²) in [5.74, 6) is -1.08. The molecule has 0 spiro atoms. The topological polar surface area (TPSA) is 63.3 Å². The summed E-state index contributed by atoms with van der Waals surface area (Å²) in [6, 6.07) is 5.59. The van der Waals surface area contributed by atoms with Crippen LogP contribution in [-0.4, -0.2) is 11.1 Å². The van der Waals surface area contributed by atoms with Gasteiger partial charge >= 0.3 is 5.97 Å². The standard InChI is InChI=1S/C8H8ClNO2/c9-6-4-2-1-3-5(6)7(10)8(11)12/h1-4,7H,10H2,(H,11,12)/t7-/m1/s1. The highest BCUT2D eigenvalue weighted by atomic mass is 35.5. The Kier molecular flexibility index (Phi) is 2.68. The van der Waals surface area contributed by atoms with Gasteiger partial charge in [0.15, 0.2) is 0 Å². The number of carboxylic acid groups (broad SMARTS) is 1. The summed E-state index contributed by atoms with van der Waals surface area (Å²) in [5, 5.41) is 8.96. The second-order valence-corrected chi connectivity index (χ2v) is 2.74. The summed E-state index contributed by atoms with van der Waals surface area (Å²) in [6.45, 7) is 0. The Morgan fingerprint density at radius 2 is 2.08 bits per heavy atom. The van der Waals surface area contributed by atoms with Crippen LogP contribution in [0.4, 0.5) is 0 Å². The lowest BCUT2D eigenvalue weighted by Gasteiger charge is -2.07. The zero-order chi connectivity index (χ0) is 9.14. The molecule has 1 rings (SSSR count). The SMILES string of the molecule is N[C@@H](C(=O)O)c1ccccc1Cl. The summed E-state index contributed by atoms with van der Waals surface area (Å²) in [4.78, 5) is 10.5. The van der Waals surface area contributed by atoms with Crippen LogP contribution in [0.25, 0.3) is 0 Å². The van der Waals surface area contributed by atoms with E-state index >= 15 is 0 Å². The fraction of sp³-hybridized carbons (Fsp3) is 0.125. The molecule has 1 aromatic rings. The van der Waals surface area contributed by atoms with Crippen molar-refractivity contribution in [2.45, 2.75) is 6.04 Å². The van der Waals surface area contributed by atoms with E-state index in [-0.39, 0.29) is 0 Å². The van der Waals surface area contributed by atoms with Crippen LogP contribution in [-0.2, 0) is 4.79 Å². The normalized spacial score (nSPS) is 12.5. The Morgan fingerprint density at radius 3 is 2.58 bits per heavy atom. The molecule has 4 heteroatoms. The average molecular weight is 186 g/mol. The molecule has 0 saturated carbocycles. The molecule has 0 aliphatic carbocycles. The molecule has 0 radical (unpaired) electrons. The van der Waals surface area contributed by atoms with Crippen molar-refractivity contribution in [2.24, 2.45) is 5.73 Å². The molecule has 1 aromatic carbocycles. The zero-order valence-electron chi connectivity index (χ0n) is 6.20. The van der Waals surface area contributed by atoms with Crippen molar-refractivity contribution in [3.8, 4) is 0 Å². The van der Waals surface area contributed by atoms with Gasteiger partial charge in [-0.1, -0.05) is 29.8 Å². The lowest BCUT2D eigenvalue weighted by molar-refractivity contribution is -0.138. The van der Waals surface area contributed by atoms with Gasteiger partial charge in [0.1, 0.15) is 6.04 Å². The molecule has 0 saturated heterocycles. The molecule has 0 fully saturated rings. The quantitative estimate of drug-likeness (QED) is 0.733. The highest BCUT2D eigenvalue weighted by Crippen LogP contribution is 2.20. The minimum absolute atomic E-state index is 0.382. The van der Waals surface area contributed by atoms with Gasteiger partial charge < -0.3 is 10.8 Å². The molecule has 0 aliphatic rings. The first-order chi connectivity index (χ1) is 5.63. The first-order valence-electron chi connectivity index (χ1n) is 3.35. The Hall–Kier alpha value is -1.06. The van der Waals surface area contributed by atoms with Crippen molar-refractivity contribution in [1.29, 1.82) is 0 Å². The summed E-state index contributed by atoms with van der Waals surface area (Å²) >= 11 is 5.72. The van der Waals surface area contributed by atoms with E-state index in [0.717, 1.165) is 0 Å². The lowest BCUT2D eigenvalue weighted by atomic mass is 10.1. The van der Waals surface area contributed by atoms with Gasteiger partial charge in [-0.05, 0) is 11.6 Å². The fourth-order valence-electron chi connectivity index (χ4n) is 0.860. The van der Waals surface area contributed by atoms with Gasteiger partial charge in [0.25, 0.3) is 0 Å². The predicted octanol–water partition coefficient (Wildman–Crippen LogP) is 1.42. The molecule has 3 N–H and O–H groups in total. The number of rotatable bonds is 2. The summed E-state index contributed by atoms with van der Waals surface area (Å²) in [5.41, 5.74) is 5.79. The van der Waals surface area contributed by atoms with Crippen LogP contribution in [0.3, 0.4) is 0 Å². The van der Waals surface area contributed by atoms with E-state index in [4.69, 9.17) is 22.4 Å². The Labute approximate surface area is 74.8 Å². The molecule has 0 aromatic heterocycles. The summed E-state index contributed by atoms with van der Waals surface area (Å²) in [6.07, 6.45) is 0. The second kappa shape index (κ2) is 3.56. The number of carbonyl (C=O) groups is 1. The highest BCUT2D eigenvalue weighted by Gasteiger charge is 2.16. The maximum Gasteiger partial charge on any atom is 0.325 e. The van der Waals surface area contributed by atoms with Crippen LogP contribution in [0.1, 0.15) is 11.6 Å². The minimum Gasteiger partial charge on any atom is -0.480 e. The zero-order valence-corrected chi connectivity index (χ0v) is 6.95. The maximum atomic E-state index is 10.5. The van der Waals surface area contributed by atoms with E-state index in [1.165, 1.54) is 0 Å². The molecule has 64 valence electrons. The molecule has 0 unspecified atom stereocenters. The molecule has 12 heavy (non-hydrogen) atoms. The molecule has 1 atom stereocenters. The van der Waals surface area contributed by atoms with Gasteiger partial charge in [-0.25, -0.2) is 0 Å². The third kappa shape index (κ3) is 1.75. The van der Waals surface area contributed by atoms with Crippen molar-refractivity contribution < 1.29 is 9.90 Å². The van der Waals surface area contributed by atoms with E-state index in [1.807, 2.05) is 0 Å². The van der Waals surface area contributed by atoms with Gasteiger partial charge in [-0.2, -0.15) is 0 Å². The van der Waals surface area contributed by atoms with Crippen molar-refractivity contribution in [3.63, 3.8) is 0 Å². The van der Waals surface area contributed by atoms with Crippen LogP contribution in [0.5, 0.6) is 0 Å². The Morgan fingerprint density at radius 1 is 1.50 bits per heavy atom. The highest BCUT2D eigenvalue weighted by molar-refractivity contribution is 6.31. The third-order valence-corrected chi connectivity index (χ3v) is 1.85. The Balaban J connectivity index is 3.02.